The molecule has 1 aromatic rings. The number of hydrogen-bond donors (Lipinski definition) is 1. The number of nitrogens with two attached hydrogens (primary N) is 1. The smallest absolute Gasteiger partial charge is 0.244 e. The summed E-state index contributed by atoms with van der Waals surface area (Å²) in [6, 6.07) is 1.74. The van der Waals surface area contributed by atoms with Gasteiger partial charge < -0.3 is 5.73 Å². The second-order valence-corrected chi connectivity index (χ2v) is 8.72. The Balaban J connectivity index is 2.13. The van der Waals surface area contributed by atoms with E-state index in [0.717, 1.165) is 22.6 Å². The Bertz CT molecular complexity index is 544. The summed E-state index contributed by atoms with van der Waals surface area (Å²) >= 11 is 1.48. The second kappa shape index (κ2) is 6.56. The molecule has 1 fully saturated rings. The SMILES string of the molecule is CCCC1CCN(S(=O)(=O)c2cc(CN)sc2C)CC1. The molecule has 0 unspecified atom stereocenters. The number of aryl methyl sites for hydroxylation is 1. The van der Waals surface area contributed by atoms with Gasteiger partial charge in [0.2, 0.25) is 10.0 Å². The normalized spacial score (nSPS) is 18.6. The van der Waals surface area contributed by atoms with Crippen LogP contribution in [0, 0.1) is 12.8 Å². The van der Waals surface area contributed by atoms with Crippen molar-refractivity contribution in [3.05, 3.63) is 15.8 Å². The molecule has 4 nitrogen and oxygen atoms in total. The molecule has 0 radical (unpaired) electrons. The van der Waals surface area contributed by atoms with Crippen molar-refractivity contribution in [2.24, 2.45) is 11.7 Å². The maximum Gasteiger partial charge on any atom is 0.244 e. The summed E-state index contributed by atoms with van der Waals surface area (Å²) in [5.41, 5.74) is 5.61. The maximum absolute atomic E-state index is 12.7. The van der Waals surface area contributed by atoms with Gasteiger partial charge in [0.05, 0.1) is 4.90 Å². The summed E-state index contributed by atoms with van der Waals surface area (Å²) in [5.74, 6) is 0.689. The van der Waals surface area contributed by atoms with Crippen LogP contribution in [0.3, 0.4) is 0 Å². The molecule has 1 aliphatic rings. The Hall–Kier alpha value is -0.430. The molecule has 0 saturated carbocycles. The van der Waals surface area contributed by atoms with Crippen LogP contribution >= 0.6 is 11.3 Å². The van der Waals surface area contributed by atoms with Crippen LogP contribution in [0.1, 0.15) is 42.4 Å². The van der Waals surface area contributed by atoms with Crippen molar-refractivity contribution in [3.8, 4) is 0 Å². The predicted molar refractivity (Wildman–Crippen MR) is 83.3 cm³/mol. The van der Waals surface area contributed by atoms with E-state index in [1.807, 2.05) is 6.92 Å². The van der Waals surface area contributed by atoms with Crippen molar-refractivity contribution >= 4 is 21.4 Å². The highest BCUT2D eigenvalue weighted by Crippen LogP contribution is 2.31. The summed E-state index contributed by atoms with van der Waals surface area (Å²) < 4.78 is 27.0. The fraction of sp³-hybridized carbons (Fsp3) is 0.714. The van der Waals surface area contributed by atoms with Gasteiger partial charge in [-0.1, -0.05) is 19.8 Å². The van der Waals surface area contributed by atoms with Crippen LogP contribution in [0.15, 0.2) is 11.0 Å². The second-order valence-electron chi connectivity index (χ2n) is 5.47. The lowest BCUT2D eigenvalue weighted by molar-refractivity contribution is 0.262. The van der Waals surface area contributed by atoms with Gasteiger partial charge in [0.25, 0.3) is 0 Å². The fourth-order valence-corrected chi connectivity index (χ4v) is 5.82. The van der Waals surface area contributed by atoms with Crippen molar-refractivity contribution in [2.75, 3.05) is 13.1 Å². The Kier molecular flexibility index (Phi) is 5.23. The highest BCUT2D eigenvalue weighted by Gasteiger charge is 2.31. The Morgan fingerprint density at radius 2 is 2.05 bits per heavy atom. The molecule has 1 aromatic heterocycles. The molecule has 0 bridgehead atoms. The minimum absolute atomic E-state index is 0.402. The van der Waals surface area contributed by atoms with Gasteiger partial charge in [0, 0.05) is 29.4 Å². The van der Waals surface area contributed by atoms with Crippen LogP contribution < -0.4 is 5.73 Å². The monoisotopic (exact) mass is 316 g/mol. The number of sulfonamides is 1. The van der Waals surface area contributed by atoms with Crippen LogP contribution in [0.4, 0.5) is 0 Å². The van der Waals surface area contributed by atoms with Crippen LogP contribution in [0.25, 0.3) is 0 Å². The molecule has 1 saturated heterocycles. The van der Waals surface area contributed by atoms with E-state index in [-0.39, 0.29) is 0 Å². The predicted octanol–water partition coefficient (Wildman–Crippen LogP) is 2.72. The summed E-state index contributed by atoms with van der Waals surface area (Å²) in [5, 5.41) is 0. The molecular weight excluding hydrogens is 292 g/mol. The molecule has 2 heterocycles. The average Bonchev–Trinajstić information content (AvgIpc) is 2.82. The summed E-state index contributed by atoms with van der Waals surface area (Å²) in [6.45, 7) is 5.76. The first kappa shape index (κ1) is 15.9. The van der Waals surface area contributed by atoms with Crippen LogP contribution in [0.5, 0.6) is 0 Å². The highest BCUT2D eigenvalue weighted by atomic mass is 32.2. The standard InChI is InChI=1S/C14H24N2O2S2/c1-3-4-12-5-7-16(8-6-12)20(17,18)14-9-13(10-15)19-11(14)2/h9,12H,3-8,10,15H2,1-2H3. The van der Waals surface area contributed by atoms with Gasteiger partial charge in [-0.2, -0.15) is 4.31 Å². The lowest BCUT2D eigenvalue weighted by Gasteiger charge is -2.31. The number of nitrogens with zero attached hydrogens (tertiary/aromatic N) is 1. The average molecular weight is 316 g/mol. The zero-order valence-corrected chi connectivity index (χ0v) is 13.9. The van der Waals surface area contributed by atoms with Crippen molar-refractivity contribution in [3.63, 3.8) is 0 Å². The zero-order chi connectivity index (χ0) is 14.8. The van der Waals surface area contributed by atoms with Gasteiger partial charge in [-0.05, 0) is 31.7 Å². The van der Waals surface area contributed by atoms with E-state index < -0.39 is 10.0 Å². The first-order valence-corrected chi connectivity index (χ1v) is 9.54. The van der Waals surface area contributed by atoms with Gasteiger partial charge in [-0.25, -0.2) is 8.42 Å². The third-order valence-corrected chi connectivity index (χ3v) is 7.24. The third kappa shape index (κ3) is 3.24. The molecule has 0 atom stereocenters. The highest BCUT2D eigenvalue weighted by molar-refractivity contribution is 7.89. The molecule has 20 heavy (non-hydrogen) atoms. The molecule has 1 aliphatic heterocycles. The van der Waals surface area contributed by atoms with Crippen molar-refractivity contribution in [2.45, 2.75) is 51.0 Å². The van der Waals surface area contributed by atoms with Crippen molar-refractivity contribution in [1.29, 1.82) is 0 Å². The topological polar surface area (TPSA) is 63.4 Å². The Morgan fingerprint density at radius 1 is 1.40 bits per heavy atom. The number of piperidine rings is 1. The maximum atomic E-state index is 12.7. The first-order valence-electron chi connectivity index (χ1n) is 7.28. The quantitative estimate of drug-likeness (QED) is 0.908. The van der Waals surface area contributed by atoms with Gasteiger partial charge in [0.15, 0.2) is 0 Å². The van der Waals surface area contributed by atoms with Crippen LogP contribution in [-0.4, -0.2) is 25.8 Å². The molecule has 114 valence electrons. The molecule has 6 heteroatoms. The van der Waals surface area contributed by atoms with E-state index in [1.165, 1.54) is 24.2 Å². The number of hydrogen-bond acceptors (Lipinski definition) is 4. The van der Waals surface area contributed by atoms with E-state index in [1.54, 1.807) is 10.4 Å². The molecule has 0 amide bonds. The number of rotatable bonds is 5. The minimum Gasteiger partial charge on any atom is -0.326 e. The minimum atomic E-state index is -3.33. The largest absolute Gasteiger partial charge is 0.326 e. The van der Waals surface area contributed by atoms with Gasteiger partial charge in [-0.15, -0.1) is 11.3 Å². The number of thiophene rings is 1. The van der Waals surface area contributed by atoms with Gasteiger partial charge in [-0.3, -0.25) is 0 Å². The lowest BCUT2D eigenvalue weighted by Crippen LogP contribution is -2.38. The molecule has 0 aliphatic carbocycles. The van der Waals surface area contributed by atoms with E-state index in [0.29, 0.717) is 30.4 Å². The zero-order valence-electron chi connectivity index (χ0n) is 12.3. The van der Waals surface area contributed by atoms with Crippen molar-refractivity contribution < 1.29 is 8.42 Å². The Labute approximate surface area is 126 Å². The summed E-state index contributed by atoms with van der Waals surface area (Å²) in [7, 11) is -3.33. The Morgan fingerprint density at radius 3 is 2.55 bits per heavy atom. The van der Waals surface area contributed by atoms with Crippen LogP contribution in [0.2, 0.25) is 0 Å². The van der Waals surface area contributed by atoms with E-state index >= 15 is 0 Å². The molecule has 0 aromatic carbocycles. The third-order valence-electron chi connectivity index (χ3n) is 4.01. The van der Waals surface area contributed by atoms with Crippen molar-refractivity contribution in [1.82, 2.24) is 4.31 Å². The van der Waals surface area contributed by atoms with E-state index in [9.17, 15) is 8.42 Å². The molecule has 0 spiro atoms. The van der Waals surface area contributed by atoms with Gasteiger partial charge in [0.1, 0.15) is 0 Å². The fourth-order valence-electron chi connectivity index (χ4n) is 2.87. The van der Waals surface area contributed by atoms with Gasteiger partial charge >= 0.3 is 0 Å². The summed E-state index contributed by atoms with van der Waals surface area (Å²) in [6.07, 6.45) is 4.36. The lowest BCUT2D eigenvalue weighted by atomic mass is 9.94. The molecular formula is C14H24N2O2S2. The molecule has 2 N–H and O–H groups in total. The molecule has 2 rings (SSSR count). The van der Waals surface area contributed by atoms with Crippen LogP contribution in [-0.2, 0) is 16.6 Å². The van der Waals surface area contributed by atoms with E-state index in [2.05, 4.69) is 6.92 Å². The van der Waals surface area contributed by atoms with E-state index in [4.69, 9.17) is 5.73 Å². The first-order chi connectivity index (χ1) is 9.48. The summed E-state index contributed by atoms with van der Waals surface area (Å²) in [4.78, 5) is 2.24.